The lowest BCUT2D eigenvalue weighted by Crippen LogP contribution is -2.50. The van der Waals surface area contributed by atoms with Gasteiger partial charge in [-0.1, -0.05) is 49.2 Å². The fourth-order valence-electron chi connectivity index (χ4n) is 6.35. The number of nitrogens with zero attached hydrogens (tertiary/aromatic N) is 3. The largest absolute Gasteiger partial charge is 0.497 e. The van der Waals surface area contributed by atoms with Crippen molar-refractivity contribution in [3.8, 4) is 5.75 Å². The molecule has 2 heterocycles. The van der Waals surface area contributed by atoms with E-state index in [9.17, 15) is 9.59 Å². The third-order valence-corrected chi connectivity index (χ3v) is 10.3. The van der Waals surface area contributed by atoms with Crippen molar-refractivity contribution in [1.29, 1.82) is 0 Å². The molecule has 2 atom stereocenters. The van der Waals surface area contributed by atoms with Crippen LogP contribution >= 0.6 is 11.8 Å². The van der Waals surface area contributed by atoms with E-state index >= 15 is 0 Å². The zero-order chi connectivity index (χ0) is 29.1. The van der Waals surface area contributed by atoms with E-state index in [1.807, 2.05) is 47.4 Å². The van der Waals surface area contributed by atoms with Gasteiger partial charge in [0, 0.05) is 55.3 Å². The van der Waals surface area contributed by atoms with Crippen LogP contribution in [0.2, 0.25) is 0 Å². The van der Waals surface area contributed by atoms with Gasteiger partial charge < -0.3 is 19.4 Å². The maximum atomic E-state index is 13.8. The summed E-state index contributed by atoms with van der Waals surface area (Å²) in [5.41, 5.74) is 5.23. The fourth-order valence-corrected chi connectivity index (χ4v) is 7.82. The molecule has 1 aliphatic carbocycles. The molecule has 0 N–H and O–H groups in total. The highest BCUT2D eigenvalue weighted by molar-refractivity contribution is 8.04. The lowest BCUT2D eigenvalue weighted by atomic mass is 9.92. The summed E-state index contributed by atoms with van der Waals surface area (Å²) in [6.45, 7) is 5.73. The van der Waals surface area contributed by atoms with E-state index in [4.69, 9.17) is 4.74 Å². The molecule has 6 rings (SSSR count). The molecule has 0 spiro atoms. The summed E-state index contributed by atoms with van der Waals surface area (Å²) in [5, 5.41) is 0.434. The van der Waals surface area contributed by atoms with Gasteiger partial charge in [0.25, 0.3) is 11.8 Å². The first kappa shape index (κ1) is 28.4. The number of methoxy groups -OCH3 is 1. The molecule has 1 saturated carbocycles. The van der Waals surface area contributed by atoms with Crippen LogP contribution in [0.3, 0.4) is 0 Å². The molecule has 3 aromatic rings. The van der Waals surface area contributed by atoms with Crippen molar-refractivity contribution >= 4 is 35.3 Å². The lowest BCUT2D eigenvalue weighted by Gasteiger charge is -2.44. The van der Waals surface area contributed by atoms with E-state index in [1.54, 1.807) is 18.9 Å². The number of amides is 2. The summed E-state index contributed by atoms with van der Waals surface area (Å²) < 4.78 is 5.27. The minimum atomic E-state index is 0.0566. The van der Waals surface area contributed by atoms with Crippen LogP contribution in [0.4, 0.5) is 5.69 Å². The monoisotopic (exact) mass is 581 g/mol. The van der Waals surface area contributed by atoms with E-state index in [0.29, 0.717) is 30.4 Å². The van der Waals surface area contributed by atoms with Gasteiger partial charge in [0.05, 0.1) is 12.0 Å². The van der Waals surface area contributed by atoms with Crippen molar-refractivity contribution in [2.45, 2.75) is 50.4 Å². The molecule has 2 amide bonds. The van der Waals surface area contributed by atoms with Crippen molar-refractivity contribution in [3.63, 3.8) is 0 Å². The highest BCUT2D eigenvalue weighted by Crippen LogP contribution is 2.43. The molecular formula is C35H39N3O3S. The maximum absolute atomic E-state index is 13.8. The van der Waals surface area contributed by atoms with E-state index in [0.717, 1.165) is 47.8 Å². The summed E-state index contributed by atoms with van der Waals surface area (Å²) in [4.78, 5) is 34.3. The number of carbonyl (C=O) groups excluding carboxylic acids is 2. The van der Waals surface area contributed by atoms with Gasteiger partial charge in [0.15, 0.2) is 0 Å². The van der Waals surface area contributed by atoms with Gasteiger partial charge in [-0.25, -0.2) is 0 Å². The molecule has 3 aliphatic rings. The van der Waals surface area contributed by atoms with Crippen LogP contribution in [0.15, 0.2) is 77.7 Å². The number of hydrogen-bond donors (Lipinski definition) is 0. The standard InChI is InChI=1S/C35H39N3O3S/c1-25-7-3-4-8-28(25)24-38-31-9-5-6-10-32(31)42-33(35(38)40)23-26-11-13-27(14-12-26)34(39)37-21-19-36(20-22-37)29-15-17-30(41-2)18-16-29/h3-4,7-8,11-18,23,31-32H,5-6,9-10,19-22,24H2,1-2H3/b33-23+. The Labute approximate surface area is 253 Å². The summed E-state index contributed by atoms with van der Waals surface area (Å²) in [5.74, 6) is 1.03. The predicted octanol–water partition coefficient (Wildman–Crippen LogP) is 6.39. The van der Waals surface area contributed by atoms with Crippen LogP contribution in [0, 0.1) is 6.92 Å². The average molecular weight is 582 g/mol. The molecule has 2 unspecified atom stereocenters. The van der Waals surface area contributed by atoms with Crippen LogP contribution in [-0.4, -0.2) is 66.2 Å². The van der Waals surface area contributed by atoms with Crippen molar-refractivity contribution in [1.82, 2.24) is 9.80 Å². The molecule has 218 valence electrons. The normalized spacial score (nSPS) is 21.8. The molecule has 3 aromatic carbocycles. The molecular weight excluding hydrogens is 542 g/mol. The second-order valence-electron chi connectivity index (χ2n) is 11.5. The second-order valence-corrected chi connectivity index (χ2v) is 12.8. The lowest BCUT2D eigenvalue weighted by molar-refractivity contribution is -0.130. The number of fused-ring (bicyclic) bond motifs is 1. The number of aryl methyl sites for hydroxylation is 1. The van der Waals surface area contributed by atoms with Gasteiger partial charge in [-0.2, -0.15) is 0 Å². The van der Waals surface area contributed by atoms with Gasteiger partial charge in [-0.15, -0.1) is 11.8 Å². The summed E-state index contributed by atoms with van der Waals surface area (Å²) in [6.07, 6.45) is 6.64. The predicted molar refractivity (Wildman–Crippen MR) is 171 cm³/mol. The fraction of sp³-hybridized carbons (Fsp3) is 0.371. The summed E-state index contributed by atoms with van der Waals surface area (Å²) in [7, 11) is 1.67. The summed E-state index contributed by atoms with van der Waals surface area (Å²) in [6, 6.07) is 24.5. The van der Waals surface area contributed by atoms with Crippen LogP contribution in [0.1, 0.15) is 52.7 Å². The Balaban J connectivity index is 1.12. The molecule has 0 bridgehead atoms. The Morgan fingerprint density at radius 3 is 2.36 bits per heavy atom. The Morgan fingerprint density at radius 1 is 0.929 bits per heavy atom. The zero-order valence-corrected chi connectivity index (χ0v) is 25.3. The first-order chi connectivity index (χ1) is 20.5. The van der Waals surface area contributed by atoms with E-state index in [1.165, 1.54) is 24.0 Å². The molecule has 0 aromatic heterocycles. The van der Waals surface area contributed by atoms with Gasteiger partial charge in [-0.05, 0) is 78.9 Å². The number of carbonyl (C=O) groups is 2. The molecule has 42 heavy (non-hydrogen) atoms. The Hall–Kier alpha value is -3.71. The highest BCUT2D eigenvalue weighted by Gasteiger charge is 2.40. The maximum Gasteiger partial charge on any atom is 0.260 e. The van der Waals surface area contributed by atoms with Gasteiger partial charge >= 0.3 is 0 Å². The van der Waals surface area contributed by atoms with E-state index in [2.05, 4.69) is 53.1 Å². The molecule has 0 radical (unpaired) electrons. The molecule has 2 saturated heterocycles. The molecule has 7 heteroatoms. The Bertz CT molecular complexity index is 1450. The van der Waals surface area contributed by atoms with E-state index < -0.39 is 0 Å². The third kappa shape index (κ3) is 6.07. The van der Waals surface area contributed by atoms with Crippen molar-refractivity contribution < 1.29 is 14.3 Å². The van der Waals surface area contributed by atoms with Crippen LogP contribution in [-0.2, 0) is 11.3 Å². The molecule has 2 aliphatic heterocycles. The quantitative estimate of drug-likeness (QED) is 0.316. The van der Waals surface area contributed by atoms with E-state index in [-0.39, 0.29) is 17.9 Å². The molecule has 3 fully saturated rings. The Kier molecular flexibility index (Phi) is 8.56. The molecule has 6 nitrogen and oxygen atoms in total. The van der Waals surface area contributed by atoms with Crippen LogP contribution in [0.25, 0.3) is 6.08 Å². The number of hydrogen-bond acceptors (Lipinski definition) is 5. The topological polar surface area (TPSA) is 53.1 Å². The van der Waals surface area contributed by atoms with Crippen molar-refractivity contribution in [2.24, 2.45) is 0 Å². The van der Waals surface area contributed by atoms with Crippen LogP contribution in [0.5, 0.6) is 5.75 Å². The van der Waals surface area contributed by atoms with Crippen LogP contribution < -0.4 is 9.64 Å². The third-order valence-electron chi connectivity index (χ3n) is 8.88. The minimum absolute atomic E-state index is 0.0566. The van der Waals surface area contributed by atoms with Gasteiger partial charge in [0.1, 0.15) is 5.75 Å². The van der Waals surface area contributed by atoms with Gasteiger partial charge in [-0.3, -0.25) is 9.59 Å². The SMILES string of the molecule is COc1ccc(N2CCN(C(=O)c3ccc(/C=C4/SC5CCCCC5N(Cc5ccccc5C)C4=O)cc3)CC2)cc1. The van der Waals surface area contributed by atoms with Crippen molar-refractivity contribution in [3.05, 3.63) is 100.0 Å². The first-order valence-electron chi connectivity index (χ1n) is 15.0. The number of piperazine rings is 1. The minimum Gasteiger partial charge on any atom is -0.497 e. The Morgan fingerprint density at radius 2 is 1.64 bits per heavy atom. The number of ether oxygens (including phenoxy) is 1. The number of thioether (sulfide) groups is 1. The van der Waals surface area contributed by atoms with Crippen molar-refractivity contribution in [2.75, 3.05) is 38.2 Å². The second kappa shape index (κ2) is 12.7. The first-order valence-corrected chi connectivity index (χ1v) is 15.9. The number of rotatable bonds is 6. The summed E-state index contributed by atoms with van der Waals surface area (Å²) >= 11 is 1.75. The van der Waals surface area contributed by atoms with Gasteiger partial charge in [0.2, 0.25) is 0 Å². The highest BCUT2D eigenvalue weighted by atomic mass is 32.2. The smallest absolute Gasteiger partial charge is 0.260 e. The average Bonchev–Trinajstić information content (AvgIpc) is 3.04. The number of benzene rings is 3. The zero-order valence-electron chi connectivity index (χ0n) is 24.5. The number of anilines is 1.